The van der Waals surface area contributed by atoms with Gasteiger partial charge in [-0.15, -0.1) is 0 Å². The molecule has 4 aromatic carbocycles. The number of nitrogens with one attached hydrogen (secondary N) is 1. The van der Waals surface area contributed by atoms with Gasteiger partial charge in [0.2, 0.25) is 0 Å². The lowest BCUT2D eigenvalue weighted by Gasteiger charge is -2.11. The van der Waals surface area contributed by atoms with Crippen molar-refractivity contribution in [3.05, 3.63) is 124 Å². The zero-order chi connectivity index (χ0) is 31.1. The van der Waals surface area contributed by atoms with E-state index in [-0.39, 0.29) is 12.5 Å². The monoisotopic (exact) mass is 625 g/mol. The first-order valence-electron chi connectivity index (χ1n) is 14.9. The van der Waals surface area contributed by atoms with Crippen LogP contribution in [0.25, 0.3) is 28.1 Å². The van der Waals surface area contributed by atoms with Gasteiger partial charge in [0.05, 0.1) is 17.8 Å². The molecule has 0 aliphatic carbocycles. The van der Waals surface area contributed by atoms with E-state index in [4.69, 9.17) is 32.9 Å². The number of ether oxygens (including phenoxy) is 1. The zero-order valence-electron chi connectivity index (χ0n) is 25.3. The Hall–Kier alpha value is -4.06. The second-order valence-electron chi connectivity index (χ2n) is 11.4. The Labute approximate surface area is 269 Å². The number of imidazole rings is 1. The van der Waals surface area contributed by atoms with Crippen LogP contribution in [-0.4, -0.2) is 29.2 Å². The largest absolute Gasteiger partial charge is 0.468 e. The van der Waals surface area contributed by atoms with Crippen LogP contribution in [0.1, 0.15) is 43.6 Å². The number of aryl methyl sites for hydroxylation is 1. The molecule has 226 valence electrons. The van der Waals surface area contributed by atoms with Gasteiger partial charge in [-0.25, -0.2) is 4.98 Å². The molecule has 1 aromatic heterocycles. The highest BCUT2D eigenvalue weighted by atomic mass is 35.5. The Bertz CT molecular complexity index is 1690. The Balaban J connectivity index is 1.37. The van der Waals surface area contributed by atoms with Crippen LogP contribution >= 0.6 is 23.2 Å². The average molecular weight is 627 g/mol. The van der Waals surface area contributed by atoms with E-state index in [0.29, 0.717) is 16.5 Å². The fourth-order valence-corrected chi connectivity index (χ4v) is 5.66. The molecule has 0 aliphatic rings. The maximum atomic E-state index is 11.5. The number of methoxy groups -OCH3 is 1. The Morgan fingerprint density at radius 3 is 2.16 bits per heavy atom. The van der Waals surface area contributed by atoms with Gasteiger partial charge in [-0.3, -0.25) is 4.79 Å². The van der Waals surface area contributed by atoms with Crippen molar-refractivity contribution >= 4 is 34.9 Å². The third-order valence-electron chi connectivity index (χ3n) is 7.65. The number of rotatable bonds is 12. The first kappa shape index (κ1) is 31.4. The molecule has 1 N–H and O–H groups in total. The predicted molar refractivity (Wildman–Crippen MR) is 182 cm³/mol. The molecule has 0 amide bonds. The quantitative estimate of drug-likeness (QED) is 0.140. The fourth-order valence-electron chi connectivity index (χ4n) is 5.16. The van der Waals surface area contributed by atoms with Gasteiger partial charge in [-0.2, -0.15) is 0 Å². The van der Waals surface area contributed by atoms with Gasteiger partial charge >= 0.3 is 5.97 Å². The Morgan fingerprint density at radius 1 is 0.886 bits per heavy atom. The van der Waals surface area contributed by atoms with Crippen molar-refractivity contribution in [3.63, 3.8) is 0 Å². The normalized spacial score (nSPS) is 11.1. The summed E-state index contributed by atoms with van der Waals surface area (Å²) < 4.78 is 6.80. The maximum Gasteiger partial charge on any atom is 0.325 e. The van der Waals surface area contributed by atoms with Crippen molar-refractivity contribution < 1.29 is 9.53 Å². The molecule has 1 heterocycles. The number of carbonyl (C=O) groups excluding carboxylic acids is 1. The second kappa shape index (κ2) is 14.6. The summed E-state index contributed by atoms with van der Waals surface area (Å²) in [5, 5.41) is 4.20. The van der Waals surface area contributed by atoms with Crippen molar-refractivity contribution in [1.82, 2.24) is 9.55 Å². The molecule has 5 nitrogen and oxygen atoms in total. The fraction of sp³-hybridized carbons (Fsp3) is 0.243. The first-order valence-corrected chi connectivity index (χ1v) is 15.7. The van der Waals surface area contributed by atoms with Crippen LogP contribution in [0.2, 0.25) is 10.0 Å². The molecule has 7 heteroatoms. The Kier molecular flexibility index (Phi) is 10.4. The summed E-state index contributed by atoms with van der Waals surface area (Å²) in [6.07, 6.45) is 6.24. The van der Waals surface area contributed by atoms with Crippen LogP contribution in [0, 0.1) is 5.92 Å². The summed E-state index contributed by atoms with van der Waals surface area (Å²) in [5.74, 6) is 1.30. The number of hydrogen-bond acceptors (Lipinski definition) is 4. The number of nitrogens with zero attached hydrogens (tertiary/aromatic N) is 2. The van der Waals surface area contributed by atoms with E-state index < -0.39 is 0 Å². The van der Waals surface area contributed by atoms with E-state index in [1.54, 1.807) is 6.07 Å². The molecule has 0 radical (unpaired) electrons. The van der Waals surface area contributed by atoms with Crippen molar-refractivity contribution in [2.45, 2.75) is 39.5 Å². The van der Waals surface area contributed by atoms with E-state index in [0.717, 1.165) is 46.4 Å². The van der Waals surface area contributed by atoms with Crippen molar-refractivity contribution in [3.8, 4) is 28.1 Å². The summed E-state index contributed by atoms with van der Waals surface area (Å²) in [4.78, 5) is 16.5. The number of benzene rings is 4. The lowest BCUT2D eigenvalue weighted by atomic mass is 9.99. The summed E-state index contributed by atoms with van der Waals surface area (Å²) >= 11 is 12.7. The lowest BCUT2D eigenvalue weighted by molar-refractivity contribution is -0.138. The smallest absolute Gasteiger partial charge is 0.325 e. The van der Waals surface area contributed by atoms with E-state index in [1.807, 2.05) is 42.6 Å². The minimum absolute atomic E-state index is 0.101. The topological polar surface area (TPSA) is 56.1 Å². The molecule has 0 bridgehead atoms. The van der Waals surface area contributed by atoms with Crippen molar-refractivity contribution in [2.24, 2.45) is 5.92 Å². The van der Waals surface area contributed by atoms with Gasteiger partial charge in [0.25, 0.3) is 0 Å². The average Bonchev–Trinajstić information content (AvgIpc) is 3.43. The van der Waals surface area contributed by atoms with E-state index in [1.165, 1.54) is 36.6 Å². The number of anilines is 1. The van der Waals surface area contributed by atoms with Crippen LogP contribution in [0.4, 0.5) is 5.69 Å². The molecule has 5 aromatic rings. The molecule has 0 fully saturated rings. The summed E-state index contributed by atoms with van der Waals surface area (Å²) in [5.41, 5.74) is 8.28. The van der Waals surface area contributed by atoms with E-state index in [2.05, 4.69) is 72.3 Å². The maximum absolute atomic E-state index is 11.5. The predicted octanol–water partition coefficient (Wildman–Crippen LogP) is 9.67. The third-order valence-corrected chi connectivity index (χ3v) is 8.19. The first-order chi connectivity index (χ1) is 21.3. The van der Waals surface area contributed by atoms with E-state index >= 15 is 0 Å². The van der Waals surface area contributed by atoms with Crippen LogP contribution in [0.5, 0.6) is 0 Å². The van der Waals surface area contributed by atoms with Gasteiger partial charge in [0.15, 0.2) is 0 Å². The number of esters is 1. The molecule has 0 spiro atoms. The molecule has 44 heavy (non-hydrogen) atoms. The Morgan fingerprint density at radius 2 is 1.55 bits per heavy atom. The molecular weight excluding hydrogens is 589 g/mol. The standard InChI is InChI=1S/C37H37Cl2N3O2/c1-25(2)5-4-6-26-7-11-28(12-8-26)29-13-9-27(10-14-29)21-36-41-35(33-20-15-30(38)22-34(33)39)24-42(36)32-18-16-31(17-19-32)40-23-37(43)44-3/h7-20,22,24-25,40H,4-6,21,23H2,1-3H3. The van der Waals surface area contributed by atoms with Crippen molar-refractivity contribution in [2.75, 3.05) is 19.0 Å². The second-order valence-corrected chi connectivity index (χ2v) is 12.2. The molecule has 0 aliphatic heterocycles. The van der Waals surface area contributed by atoms with Crippen LogP contribution in [-0.2, 0) is 22.4 Å². The van der Waals surface area contributed by atoms with Crippen molar-refractivity contribution in [1.29, 1.82) is 0 Å². The molecule has 0 saturated heterocycles. The molecular formula is C37H37Cl2N3O2. The highest BCUT2D eigenvalue weighted by molar-refractivity contribution is 6.36. The van der Waals surface area contributed by atoms with Gasteiger partial charge in [0, 0.05) is 34.6 Å². The van der Waals surface area contributed by atoms with Crippen LogP contribution < -0.4 is 5.32 Å². The molecule has 0 unspecified atom stereocenters. The van der Waals surface area contributed by atoms with E-state index in [9.17, 15) is 4.79 Å². The number of aromatic nitrogens is 2. The highest BCUT2D eigenvalue weighted by Crippen LogP contribution is 2.32. The van der Waals surface area contributed by atoms with Gasteiger partial charge in [-0.05, 0) is 83.5 Å². The molecule has 0 saturated carbocycles. The molecule has 5 rings (SSSR count). The van der Waals surface area contributed by atoms with Gasteiger partial charge in [-0.1, -0.05) is 92.0 Å². The van der Waals surface area contributed by atoms with Gasteiger partial charge in [0.1, 0.15) is 12.4 Å². The van der Waals surface area contributed by atoms with Gasteiger partial charge < -0.3 is 14.6 Å². The van der Waals surface area contributed by atoms with Crippen LogP contribution in [0.3, 0.4) is 0 Å². The third kappa shape index (κ3) is 8.10. The SMILES string of the molecule is COC(=O)CNc1ccc(-n2cc(-c3ccc(Cl)cc3Cl)nc2Cc2ccc(-c3ccc(CCCC(C)C)cc3)cc2)cc1. The summed E-state index contributed by atoms with van der Waals surface area (Å²) in [6, 6.07) is 30.9. The summed E-state index contributed by atoms with van der Waals surface area (Å²) in [6.45, 7) is 4.66. The number of hydrogen-bond donors (Lipinski definition) is 1. The highest BCUT2D eigenvalue weighted by Gasteiger charge is 2.15. The minimum Gasteiger partial charge on any atom is -0.468 e. The zero-order valence-corrected chi connectivity index (χ0v) is 26.8. The molecule has 0 atom stereocenters. The number of carbonyl (C=O) groups is 1. The minimum atomic E-state index is -0.324. The van der Waals surface area contributed by atoms with Crippen LogP contribution in [0.15, 0.2) is 97.2 Å². The summed E-state index contributed by atoms with van der Waals surface area (Å²) in [7, 11) is 1.37. The number of halogens is 2. The lowest BCUT2D eigenvalue weighted by Crippen LogP contribution is -2.14.